The first-order valence-corrected chi connectivity index (χ1v) is 7.39. The van der Waals surface area contributed by atoms with E-state index >= 15 is 0 Å². The number of hydrogen-bond acceptors (Lipinski definition) is 5. The van der Waals surface area contributed by atoms with E-state index in [1.807, 2.05) is 31.1 Å². The SMILES string of the molecule is CN(C)c1ccc(C(=O)OCC(=O)NCC2CCCO2)cc1. The summed E-state index contributed by atoms with van der Waals surface area (Å²) in [6.45, 7) is 0.938. The molecule has 22 heavy (non-hydrogen) atoms. The Morgan fingerprint density at radius 3 is 2.64 bits per heavy atom. The van der Waals surface area contributed by atoms with Crippen molar-refractivity contribution in [3.05, 3.63) is 29.8 Å². The second-order valence-electron chi connectivity index (χ2n) is 5.46. The zero-order valence-corrected chi connectivity index (χ0v) is 13.0. The maximum Gasteiger partial charge on any atom is 0.338 e. The highest BCUT2D eigenvalue weighted by atomic mass is 16.5. The molecule has 0 aromatic heterocycles. The lowest BCUT2D eigenvalue weighted by atomic mass is 10.2. The molecule has 0 aliphatic carbocycles. The van der Waals surface area contributed by atoms with Gasteiger partial charge in [0.1, 0.15) is 0 Å². The van der Waals surface area contributed by atoms with Crippen LogP contribution < -0.4 is 10.2 Å². The van der Waals surface area contributed by atoms with E-state index in [4.69, 9.17) is 9.47 Å². The summed E-state index contributed by atoms with van der Waals surface area (Å²) < 4.78 is 10.4. The minimum absolute atomic E-state index is 0.0817. The van der Waals surface area contributed by atoms with Crippen molar-refractivity contribution in [2.75, 3.05) is 38.8 Å². The summed E-state index contributed by atoms with van der Waals surface area (Å²) in [5.41, 5.74) is 1.42. The van der Waals surface area contributed by atoms with E-state index in [0.717, 1.165) is 25.1 Å². The summed E-state index contributed by atoms with van der Waals surface area (Å²) in [5.74, 6) is -0.814. The molecule has 1 atom stereocenters. The van der Waals surface area contributed by atoms with Crippen molar-refractivity contribution >= 4 is 17.6 Å². The van der Waals surface area contributed by atoms with Crippen molar-refractivity contribution in [1.29, 1.82) is 0 Å². The standard InChI is InChI=1S/C16H22N2O4/c1-18(2)13-7-5-12(6-8-13)16(20)22-11-15(19)17-10-14-4-3-9-21-14/h5-8,14H,3-4,9-11H2,1-2H3,(H,17,19). The normalized spacial score (nSPS) is 17.1. The van der Waals surface area contributed by atoms with Crippen molar-refractivity contribution in [2.24, 2.45) is 0 Å². The van der Waals surface area contributed by atoms with Gasteiger partial charge in [0.25, 0.3) is 5.91 Å². The van der Waals surface area contributed by atoms with Crippen LogP contribution in [-0.4, -0.2) is 51.8 Å². The van der Waals surface area contributed by atoms with Gasteiger partial charge in [0.05, 0.1) is 11.7 Å². The number of amides is 1. The van der Waals surface area contributed by atoms with Crippen molar-refractivity contribution in [3.8, 4) is 0 Å². The van der Waals surface area contributed by atoms with Crippen LogP contribution in [0.15, 0.2) is 24.3 Å². The molecule has 1 aliphatic rings. The van der Waals surface area contributed by atoms with Gasteiger partial charge < -0.3 is 19.7 Å². The molecule has 1 N–H and O–H groups in total. The third-order valence-corrected chi connectivity index (χ3v) is 3.50. The summed E-state index contributed by atoms with van der Waals surface area (Å²) in [7, 11) is 3.84. The molecule has 1 fully saturated rings. The molecule has 6 nitrogen and oxygen atoms in total. The summed E-state index contributed by atoms with van der Waals surface area (Å²) in [4.78, 5) is 25.4. The highest BCUT2D eigenvalue weighted by Crippen LogP contribution is 2.13. The number of benzene rings is 1. The first kappa shape index (κ1) is 16.3. The van der Waals surface area contributed by atoms with E-state index in [0.29, 0.717) is 12.1 Å². The van der Waals surface area contributed by atoms with Gasteiger partial charge >= 0.3 is 5.97 Å². The Morgan fingerprint density at radius 2 is 2.05 bits per heavy atom. The highest BCUT2D eigenvalue weighted by Gasteiger charge is 2.17. The summed E-state index contributed by atoms with van der Waals surface area (Å²) >= 11 is 0. The van der Waals surface area contributed by atoms with Gasteiger partial charge in [0.2, 0.25) is 0 Å². The topological polar surface area (TPSA) is 67.9 Å². The fourth-order valence-electron chi connectivity index (χ4n) is 2.19. The van der Waals surface area contributed by atoms with Crippen molar-refractivity contribution in [1.82, 2.24) is 5.32 Å². The van der Waals surface area contributed by atoms with Crippen molar-refractivity contribution < 1.29 is 19.1 Å². The molecule has 0 bridgehead atoms. The van der Waals surface area contributed by atoms with Crippen LogP contribution in [0, 0.1) is 0 Å². The molecule has 1 amide bonds. The Bertz CT molecular complexity index is 507. The predicted molar refractivity (Wildman–Crippen MR) is 83.0 cm³/mol. The van der Waals surface area contributed by atoms with Crippen LogP contribution in [0.1, 0.15) is 23.2 Å². The average Bonchev–Trinajstić information content (AvgIpc) is 3.04. The average molecular weight is 306 g/mol. The quantitative estimate of drug-likeness (QED) is 0.800. The molecular formula is C16H22N2O4. The second-order valence-corrected chi connectivity index (χ2v) is 5.46. The fraction of sp³-hybridized carbons (Fsp3) is 0.500. The molecule has 0 radical (unpaired) electrons. The molecule has 1 saturated heterocycles. The number of nitrogens with zero attached hydrogens (tertiary/aromatic N) is 1. The van der Waals surface area contributed by atoms with Gasteiger partial charge in [-0.25, -0.2) is 4.79 Å². The minimum atomic E-state index is -0.502. The Labute approximate surface area is 130 Å². The van der Waals surface area contributed by atoms with E-state index in [1.165, 1.54) is 0 Å². The minimum Gasteiger partial charge on any atom is -0.452 e. The van der Waals surface area contributed by atoms with E-state index in [9.17, 15) is 9.59 Å². The number of hydrogen-bond donors (Lipinski definition) is 1. The first-order valence-electron chi connectivity index (χ1n) is 7.39. The smallest absolute Gasteiger partial charge is 0.338 e. The van der Waals surface area contributed by atoms with Crippen LogP contribution >= 0.6 is 0 Å². The molecule has 1 aromatic carbocycles. The van der Waals surface area contributed by atoms with E-state index in [2.05, 4.69) is 5.32 Å². The lowest BCUT2D eigenvalue weighted by Gasteiger charge is -2.13. The number of esters is 1. The van der Waals surface area contributed by atoms with Gasteiger partial charge in [0, 0.05) is 32.9 Å². The Kier molecular flexibility index (Phi) is 5.77. The van der Waals surface area contributed by atoms with Crippen molar-refractivity contribution in [2.45, 2.75) is 18.9 Å². The summed E-state index contributed by atoms with van der Waals surface area (Å²) in [5, 5.41) is 2.71. The van der Waals surface area contributed by atoms with E-state index < -0.39 is 5.97 Å². The van der Waals surface area contributed by atoms with Gasteiger partial charge in [-0.2, -0.15) is 0 Å². The molecule has 2 rings (SSSR count). The van der Waals surface area contributed by atoms with Crippen LogP contribution in [0.3, 0.4) is 0 Å². The molecule has 1 aromatic rings. The zero-order valence-electron chi connectivity index (χ0n) is 13.0. The molecule has 0 saturated carbocycles. The Morgan fingerprint density at radius 1 is 1.32 bits per heavy atom. The van der Waals surface area contributed by atoms with Crippen LogP contribution in [0.5, 0.6) is 0 Å². The number of anilines is 1. The first-order chi connectivity index (χ1) is 10.6. The largest absolute Gasteiger partial charge is 0.452 e. The van der Waals surface area contributed by atoms with Crippen LogP contribution in [0.25, 0.3) is 0 Å². The maximum absolute atomic E-state index is 11.9. The molecule has 6 heteroatoms. The number of nitrogens with one attached hydrogen (secondary N) is 1. The summed E-state index contributed by atoms with van der Waals surface area (Å²) in [6, 6.07) is 7.02. The van der Waals surface area contributed by atoms with Crippen LogP contribution in [0.2, 0.25) is 0 Å². The van der Waals surface area contributed by atoms with Gasteiger partial charge in [-0.15, -0.1) is 0 Å². The lowest BCUT2D eigenvalue weighted by molar-refractivity contribution is -0.124. The molecule has 1 aliphatic heterocycles. The Balaban J connectivity index is 1.73. The fourth-order valence-corrected chi connectivity index (χ4v) is 2.19. The monoisotopic (exact) mass is 306 g/mol. The number of carbonyl (C=O) groups excluding carboxylic acids is 2. The zero-order chi connectivity index (χ0) is 15.9. The van der Waals surface area contributed by atoms with Crippen molar-refractivity contribution in [3.63, 3.8) is 0 Å². The molecule has 1 heterocycles. The van der Waals surface area contributed by atoms with E-state index in [1.54, 1.807) is 12.1 Å². The second kappa shape index (κ2) is 7.79. The predicted octanol–water partition coefficient (Wildman–Crippen LogP) is 1.20. The number of ether oxygens (including phenoxy) is 2. The number of carbonyl (C=O) groups is 2. The van der Waals surface area contributed by atoms with Crippen LogP contribution in [0.4, 0.5) is 5.69 Å². The van der Waals surface area contributed by atoms with Gasteiger partial charge in [-0.05, 0) is 37.1 Å². The van der Waals surface area contributed by atoms with Gasteiger partial charge in [0.15, 0.2) is 6.61 Å². The number of rotatable bonds is 6. The van der Waals surface area contributed by atoms with E-state index in [-0.39, 0.29) is 18.6 Å². The third-order valence-electron chi connectivity index (χ3n) is 3.50. The molecular weight excluding hydrogens is 284 g/mol. The highest BCUT2D eigenvalue weighted by molar-refractivity contribution is 5.91. The van der Waals surface area contributed by atoms with Crippen LogP contribution in [-0.2, 0) is 14.3 Å². The third kappa shape index (κ3) is 4.73. The molecule has 120 valence electrons. The lowest BCUT2D eigenvalue weighted by Crippen LogP contribution is -2.34. The Hall–Kier alpha value is -2.08. The molecule has 1 unspecified atom stereocenters. The maximum atomic E-state index is 11.9. The summed E-state index contributed by atoms with van der Waals surface area (Å²) in [6.07, 6.45) is 2.06. The van der Waals surface area contributed by atoms with Gasteiger partial charge in [-0.1, -0.05) is 0 Å². The van der Waals surface area contributed by atoms with Gasteiger partial charge in [-0.3, -0.25) is 4.79 Å². The molecule has 0 spiro atoms.